The quantitative estimate of drug-likeness (QED) is 0.922. The van der Waals surface area contributed by atoms with Crippen molar-refractivity contribution in [2.24, 2.45) is 0 Å². The number of hydrogen-bond acceptors (Lipinski definition) is 3. The summed E-state index contributed by atoms with van der Waals surface area (Å²) in [6.07, 6.45) is 0. The molecule has 136 valence electrons. The minimum absolute atomic E-state index is 0.0331. The molecule has 5 heteroatoms. The lowest BCUT2D eigenvalue weighted by atomic mass is 10.0. The molecule has 26 heavy (non-hydrogen) atoms. The number of piperazine rings is 1. The van der Waals surface area contributed by atoms with E-state index in [1.807, 2.05) is 23.1 Å². The molecule has 2 aromatic rings. The molecule has 0 saturated carbocycles. The zero-order valence-corrected chi connectivity index (χ0v) is 15.5. The van der Waals surface area contributed by atoms with Crippen LogP contribution in [0.25, 0.3) is 0 Å². The number of nitrogens with zero attached hydrogens (tertiary/aromatic N) is 2. The van der Waals surface area contributed by atoms with Gasteiger partial charge in [0.2, 0.25) is 5.91 Å². The average molecular weight is 351 g/mol. The summed E-state index contributed by atoms with van der Waals surface area (Å²) in [7, 11) is 0. The van der Waals surface area contributed by atoms with Crippen LogP contribution in [0.15, 0.2) is 54.6 Å². The molecular weight excluding hydrogens is 326 g/mol. The fourth-order valence-corrected chi connectivity index (χ4v) is 3.68. The molecule has 0 bridgehead atoms. The Labute approximate surface area is 154 Å². The number of amides is 2. The van der Waals surface area contributed by atoms with Crippen molar-refractivity contribution in [3.63, 3.8) is 0 Å². The van der Waals surface area contributed by atoms with E-state index in [-0.39, 0.29) is 23.9 Å². The second kappa shape index (κ2) is 7.60. The van der Waals surface area contributed by atoms with E-state index in [0.717, 1.165) is 0 Å². The van der Waals surface area contributed by atoms with Gasteiger partial charge in [-0.1, -0.05) is 18.2 Å². The lowest BCUT2D eigenvalue weighted by Crippen LogP contribution is -2.58. The van der Waals surface area contributed by atoms with Crippen molar-refractivity contribution in [1.82, 2.24) is 4.90 Å². The van der Waals surface area contributed by atoms with Crippen LogP contribution in [0.2, 0.25) is 0 Å². The predicted molar refractivity (Wildman–Crippen MR) is 104 cm³/mol. The minimum Gasteiger partial charge on any atom is -0.363 e. The van der Waals surface area contributed by atoms with Gasteiger partial charge in [-0.25, -0.2) is 0 Å². The third-order valence-electron chi connectivity index (χ3n) is 4.71. The molecule has 2 unspecified atom stereocenters. The summed E-state index contributed by atoms with van der Waals surface area (Å²) in [6.45, 7) is 7.15. The molecule has 3 rings (SSSR count). The van der Waals surface area contributed by atoms with Crippen LogP contribution in [0, 0.1) is 0 Å². The number of para-hydroxylation sites is 1. The topological polar surface area (TPSA) is 52.7 Å². The molecule has 1 saturated heterocycles. The van der Waals surface area contributed by atoms with E-state index in [9.17, 15) is 9.59 Å². The Morgan fingerprint density at radius 2 is 1.50 bits per heavy atom. The average Bonchev–Trinajstić information content (AvgIpc) is 2.61. The summed E-state index contributed by atoms with van der Waals surface area (Å²) in [5.74, 6) is -0.0884. The highest BCUT2D eigenvalue weighted by atomic mass is 16.2. The van der Waals surface area contributed by atoms with Gasteiger partial charge >= 0.3 is 0 Å². The largest absolute Gasteiger partial charge is 0.363 e. The second-order valence-corrected chi connectivity index (χ2v) is 6.91. The van der Waals surface area contributed by atoms with Crippen LogP contribution in [0.4, 0.5) is 11.4 Å². The molecule has 0 aliphatic carbocycles. The van der Waals surface area contributed by atoms with Crippen LogP contribution in [0.3, 0.4) is 0 Å². The Morgan fingerprint density at radius 3 is 2.04 bits per heavy atom. The first-order valence-corrected chi connectivity index (χ1v) is 8.96. The van der Waals surface area contributed by atoms with E-state index in [1.54, 1.807) is 24.3 Å². The van der Waals surface area contributed by atoms with Crippen LogP contribution >= 0.6 is 0 Å². The molecule has 1 N–H and O–H groups in total. The normalized spacial score (nSPS) is 20.0. The number of hydrogen-bond donors (Lipinski definition) is 1. The monoisotopic (exact) mass is 351 g/mol. The van der Waals surface area contributed by atoms with Crippen molar-refractivity contribution in [2.75, 3.05) is 23.3 Å². The predicted octanol–water partition coefficient (Wildman–Crippen LogP) is 3.38. The van der Waals surface area contributed by atoms with Gasteiger partial charge in [0, 0.05) is 49.0 Å². The van der Waals surface area contributed by atoms with Crippen molar-refractivity contribution in [3.8, 4) is 0 Å². The van der Waals surface area contributed by atoms with E-state index in [0.29, 0.717) is 24.3 Å². The van der Waals surface area contributed by atoms with Crippen molar-refractivity contribution in [1.29, 1.82) is 0 Å². The van der Waals surface area contributed by atoms with Gasteiger partial charge < -0.3 is 15.1 Å². The summed E-state index contributed by atoms with van der Waals surface area (Å²) < 4.78 is 0. The maximum Gasteiger partial charge on any atom is 0.253 e. The summed E-state index contributed by atoms with van der Waals surface area (Å²) in [5, 5.41) is 2.72. The van der Waals surface area contributed by atoms with Gasteiger partial charge in [-0.2, -0.15) is 0 Å². The summed E-state index contributed by atoms with van der Waals surface area (Å²) in [6, 6.07) is 17.9. The van der Waals surface area contributed by atoms with Gasteiger partial charge in [0.05, 0.1) is 0 Å². The molecule has 2 amide bonds. The minimum atomic E-state index is -0.122. The first-order valence-electron chi connectivity index (χ1n) is 8.96. The molecule has 2 aromatic carbocycles. The third-order valence-corrected chi connectivity index (χ3v) is 4.71. The molecule has 5 nitrogen and oxygen atoms in total. The highest BCUT2D eigenvalue weighted by molar-refractivity contribution is 5.95. The standard InChI is InChI=1S/C21H25N3O2/c1-15-13-23(14-16(2)24(15)20-7-5-4-6-8-20)21(26)18-9-11-19(12-10-18)22-17(3)25/h4-12,15-16H,13-14H2,1-3H3,(H,22,25). The number of anilines is 2. The summed E-state index contributed by atoms with van der Waals surface area (Å²) in [5.41, 5.74) is 2.54. The van der Waals surface area contributed by atoms with E-state index in [4.69, 9.17) is 0 Å². The van der Waals surface area contributed by atoms with Crippen LogP contribution in [0.1, 0.15) is 31.1 Å². The SMILES string of the molecule is CC(=O)Nc1ccc(C(=O)N2CC(C)N(c3ccccc3)C(C)C2)cc1. The Kier molecular flexibility index (Phi) is 5.26. The van der Waals surface area contributed by atoms with Gasteiger partial charge in [-0.05, 0) is 50.2 Å². The van der Waals surface area contributed by atoms with Crippen LogP contribution in [-0.2, 0) is 4.79 Å². The fraction of sp³-hybridized carbons (Fsp3) is 0.333. The molecule has 2 atom stereocenters. The maximum atomic E-state index is 12.9. The molecule has 1 heterocycles. The zero-order valence-electron chi connectivity index (χ0n) is 15.5. The van der Waals surface area contributed by atoms with Gasteiger partial charge in [0.25, 0.3) is 5.91 Å². The van der Waals surface area contributed by atoms with Crippen molar-refractivity contribution < 1.29 is 9.59 Å². The number of carbonyl (C=O) groups is 2. The van der Waals surface area contributed by atoms with Gasteiger partial charge in [0.1, 0.15) is 0 Å². The van der Waals surface area contributed by atoms with Gasteiger partial charge in [-0.3, -0.25) is 9.59 Å². The number of carbonyl (C=O) groups excluding carboxylic acids is 2. The highest BCUT2D eigenvalue weighted by Crippen LogP contribution is 2.25. The van der Waals surface area contributed by atoms with Gasteiger partial charge in [0.15, 0.2) is 0 Å². The van der Waals surface area contributed by atoms with Crippen molar-refractivity contribution in [3.05, 3.63) is 60.2 Å². The maximum absolute atomic E-state index is 12.9. The van der Waals surface area contributed by atoms with Gasteiger partial charge in [-0.15, -0.1) is 0 Å². The van der Waals surface area contributed by atoms with E-state index < -0.39 is 0 Å². The first-order chi connectivity index (χ1) is 12.5. The summed E-state index contributed by atoms with van der Waals surface area (Å²) >= 11 is 0. The molecule has 0 radical (unpaired) electrons. The zero-order chi connectivity index (χ0) is 18.7. The Hall–Kier alpha value is -2.82. The smallest absolute Gasteiger partial charge is 0.253 e. The number of nitrogens with one attached hydrogen (secondary N) is 1. The third kappa shape index (κ3) is 3.87. The summed E-state index contributed by atoms with van der Waals surface area (Å²) in [4.78, 5) is 28.3. The Bertz CT molecular complexity index is 762. The Balaban J connectivity index is 1.71. The number of benzene rings is 2. The van der Waals surface area contributed by atoms with Crippen LogP contribution < -0.4 is 10.2 Å². The molecule has 0 spiro atoms. The lowest BCUT2D eigenvalue weighted by molar-refractivity contribution is -0.114. The van der Waals surface area contributed by atoms with E-state index in [1.165, 1.54) is 12.6 Å². The van der Waals surface area contributed by atoms with Crippen molar-refractivity contribution >= 4 is 23.2 Å². The molecule has 1 aliphatic rings. The molecule has 1 aliphatic heterocycles. The molecular formula is C21H25N3O2. The Morgan fingerprint density at radius 1 is 0.923 bits per heavy atom. The molecule has 0 aromatic heterocycles. The van der Waals surface area contributed by atoms with E-state index >= 15 is 0 Å². The van der Waals surface area contributed by atoms with Crippen molar-refractivity contribution in [2.45, 2.75) is 32.9 Å². The molecule has 1 fully saturated rings. The van der Waals surface area contributed by atoms with Crippen LogP contribution in [0.5, 0.6) is 0 Å². The van der Waals surface area contributed by atoms with Crippen LogP contribution in [-0.4, -0.2) is 41.9 Å². The highest BCUT2D eigenvalue weighted by Gasteiger charge is 2.32. The number of rotatable bonds is 3. The fourth-order valence-electron chi connectivity index (χ4n) is 3.68. The first kappa shape index (κ1) is 18.0. The second-order valence-electron chi connectivity index (χ2n) is 6.91. The van der Waals surface area contributed by atoms with E-state index in [2.05, 4.69) is 36.2 Å². The lowest BCUT2D eigenvalue weighted by Gasteiger charge is -2.46.